The summed E-state index contributed by atoms with van der Waals surface area (Å²) in [6, 6.07) is 0.0409. The highest BCUT2D eigenvalue weighted by Crippen LogP contribution is 2.29. The fraction of sp³-hybridized carbons (Fsp3) is 0.500. The molecule has 7 nitrogen and oxygen atoms in total. The summed E-state index contributed by atoms with van der Waals surface area (Å²) in [7, 11) is 0. The molecule has 0 radical (unpaired) electrons. The highest BCUT2D eigenvalue weighted by molar-refractivity contribution is 7.99. The standard InChI is InChI=1S/C12H18N6OS/c1-5-13-9-8(4)10(15-6-14-9)20-12-17-16-11(19)18(12)7(2)3/h6-7H,5H2,1-4H3,(H,16,19)(H,13,14,15). The van der Waals surface area contributed by atoms with Gasteiger partial charge in [-0.05, 0) is 39.5 Å². The molecule has 108 valence electrons. The van der Waals surface area contributed by atoms with Gasteiger partial charge in [-0.25, -0.2) is 19.9 Å². The van der Waals surface area contributed by atoms with Crippen LogP contribution in [0, 0.1) is 6.92 Å². The number of aromatic amines is 1. The maximum atomic E-state index is 11.7. The van der Waals surface area contributed by atoms with Gasteiger partial charge in [-0.1, -0.05) is 0 Å². The largest absolute Gasteiger partial charge is 0.370 e. The van der Waals surface area contributed by atoms with E-state index < -0.39 is 0 Å². The van der Waals surface area contributed by atoms with E-state index in [-0.39, 0.29) is 11.7 Å². The maximum Gasteiger partial charge on any atom is 0.344 e. The minimum atomic E-state index is -0.207. The summed E-state index contributed by atoms with van der Waals surface area (Å²) in [5, 5.41) is 11.1. The molecule has 0 fully saturated rings. The molecule has 0 aliphatic carbocycles. The summed E-state index contributed by atoms with van der Waals surface area (Å²) in [6.07, 6.45) is 1.51. The van der Waals surface area contributed by atoms with Crippen LogP contribution in [-0.2, 0) is 0 Å². The highest BCUT2D eigenvalue weighted by atomic mass is 32.2. The molecule has 0 aliphatic rings. The second kappa shape index (κ2) is 6.08. The Bertz CT molecular complexity index is 648. The number of nitrogens with zero attached hydrogens (tertiary/aromatic N) is 4. The molecular weight excluding hydrogens is 276 g/mol. The summed E-state index contributed by atoms with van der Waals surface area (Å²) in [6.45, 7) is 8.64. The summed E-state index contributed by atoms with van der Waals surface area (Å²) in [5.41, 5.74) is 0.742. The van der Waals surface area contributed by atoms with E-state index in [9.17, 15) is 4.79 Å². The third-order valence-corrected chi connectivity index (χ3v) is 3.83. The van der Waals surface area contributed by atoms with Crippen LogP contribution in [0.15, 0.2) is 21.3 Å². The summed E-state index contributed by atoms with van der Waals surface area (Å²) in [4.78, 5) is 20.2. The molecule has 0 amide bonds. The lowest BCUT2D eigenvalue weighted by atomic mass is 10.3. The highest BCUT2D eigenvalue weighted by Gasteiger charge is 2.15. The molecule has 0 bridgehead atoms. The third kappa shape index (κ3) is 2.84. The molecule has 0 saturated heterocycles. The van der Waals surface area contributed by atoms with E-state index in [4.69, 9.17) is 0 Å². The molecule has 2 aromatic rings. The summed E-state index contributed by atoms with van der Waals surface area (Å²) >= 11 is 1.36. The molecule has 0 unspecified atom stereocenters. The van der Waals surface area contributed by atoms with Gasteiger partial charge in [-0.15, -0.1) is 5.10 Å². The zero-order chi connectivity index (χ0) is 14.7. The topological polar surface area (TPSA) is 88.5 Å². The lowest BCUT2D eigenvalue weighted by Gasteiger charge is -2.11. The third-order valence-electron chi connectivity index (χ3n) is 2.76. The van der Waals surface area contributed by atoms with E-state index in [1.54, 1.807) is 4.57 Å². The van der Waals surface area contributed by atoms with Crippen LogP contribution in [0.5, 0.6) is 0 Å². The van der Waals surface area contributed by atoms with Crippen molar-refractivity contribution in [3.63, 3.8) is 0 Å². The fourth-order valence-electron chi connectivity index (χ4n) is 1.79. The Kier molecular flexibility index (Phi) is 4.43. The fourth-order valence-corrected chi connectivity index (χ4v) is 2.79. The van der Waals surface area contributed by atoms with Crippen molar-refractivity contribution in [3.8, 4) is 0 Å². The normalized spacial score (nSPS) is 11.1. The van der Waals surface area contributed by atoms with Gasteiger partial charge in [0.2, 0.25) is 0 Å². The second-order valence-electron chi connectivity index (χ2n) is 4.56. The number of aromatic nitrogens is 5. The van der Waals surface area contributed by atoms with Gasteiger partial charge >= 0.3 is 5.69 Å². The van der Waals surface area contributed by atoms with Crippen molar-refractivity contribution in [2.24, 2.45) is 0 Å². The molecule has 0 atom stereocenters. The van der Waals surface area contributed by atoms with Crippen LogP contribution in [0.3, 0.4) is 0 Å². The van der Waals surface area contributed by atoms with Crippen LogP contribution >= 0.6 is 11.8 Å². The van der Waals surface area contributed by atoms with E-state index in [2.05, 4.69) is 25.5 Å². The van der Waals surface area contributed by atoms with Crippen LogP contribution in [0.25, 0.3) is 0 Å². The van der Waals surface area contributed by atoms with E-state index >= 15 is 0 Å². The first-order valence-electron chi connectivity index (χ1n) is 6.44. The molecule has 20 heavy (non-hydrogen) atoms. The average molecular weight is 294 g/mol. The maximum absolute atomic E-state index is 11.7. The van der Waals surface area contributed by atoms with E-state index in [0.29, 0.717) is 5.16 Å². The number of H-pyrrole nitrogens is 1. The quantitative estimate of drug-likeness (QED) is 0.818. The van der Waals surface area contributed by atoms with Crippen molar-refractivity contribution >= 4 is 17.6 Å². The lowest BCUT2D eigenvalue weighted by molar-refractivity contribution is 0.534. The van der Waals surface area contributed by atoms with Gasteiger partial charge in [-0.3, -0.25) is 4.57 Å². The minimum absolute atomic E-state index is 0.0409. The summed E-state index contributed by atoms with van der Waals surface area (Å²) < 4.78 is 1.61. The number of hydrogen-bond donors (Lipinski definition) is 2. The van der Waals surface area contributed by atoms with Crippen LogP contribution in [-0.4, -0.2) is 31.3 Å². The van der Waals surface area contributed by atoms with Crippen molar-refractivity contribution in [2.45, 2.75) is 43.9 Å². The Morgan fingerprint density at radius 3 is 2.85 bits per heavy atom. The van der Waals surface area contributed by atoms with E-state index in [1.807, 2.05) is 27.7 Å². The first kappa shape index (κ1) is 14.6. The van der Waals surface area contributed by atoms with Gasteiger partial charge < -0.3 is 5.32 Å². The first-order chi connectivity index (χ1) is 9.54. The number of nitrogens with one attached hydrogen (secondary N) is 2. The van der Waals surface area contributed by atoms with Gasteiger partial charge in [-0.2, -0.15) is 0 Å². The van der Waals surface area contributed by atoms with Gasteiger partial charge in [0.15, 0.2) is 5.16 Å². The Morgan fingerprint density at radius 2 is 2.20 bits per heavy atom. The zero-order valence-electron chi connectivity index (χ0n) is 12.0. The van der Waals surface area contributed by atoms with Crippen molar-refractivity contribution in [3.05, 3.63) is 22.4 Å². The monoisotopic (exact) mass is 294 g/mol. The first-order valence-corrected chi connectivity index (χ1v) is 7.26. The molecular formula is C12H18N6OS. The Morgan fingerprint density at radius 1 is 1.45 bits per heavy atom. The van der Waals surface area contributed by atoms with Crippen molar-refractivity contribution < 1.29 is 0 Å². The molecule has 2 rings (SSSR count). The minimum Gasteiger partial charge on any atom is -0.370 e. The Balaban J connectivity index is 2.36. The van der Waals surface area contributed by atoms with Crippen LogP contribution in [0.1, 0.15) is 32.4 Å². The SMILES string of the molecule is CCNc1ncnc(Sc2n[nH]c(=O)n2C(C)C)c1C. The van der Waals surface area contributed by atoms with Crippen molar-refractivity contribution in [1.82, 2.24) is 24.7 Å². The molecule has 0 aliphatic heterocycles. The van der Waals surface area contributed by atoms with Crippen molar-refractivity contribution in [2.75, 3.05) is 11.9 Å². The number of rotatable bonds is 5. The Labute approximate surface area is 121 Å². The molecule has 0 spiro atoms. The average Bonchev–Trinajstić information content (AvgIpc) is 2.76. The van der Waals surface area contributed by atoms with Crippen LogP contribution in [0.2, 0.25) is 0 Å². The molecule has 8 heteroatoms. The van der Waals surface area contributed by atoms with E-state index in [0.717, 1.165) is 23.0 Å². The molecule has 0 saturated carbocycles. The van der Waals surface area contributed by atoms with E-state index in [1.165, 1.54) is 18.1 Å². The predicted molar refractivity (Wildman–Crippen MR) is 78.3 cm³/mol. The second-order valence-corrected chi connectivity index (χ2v) is 5.52. The number of hydrogen-bond acceptors (Lipinski definition) is 6. The van der Waals surface area contributed by atoms with Crippen LogP contribution < -0.4 is 11.0 Å². The molecule has 2 heterocycles. The number of anilines is 1. The van der Waals surface area contributed by atoms with Gasteiger partial charge in [0.05, 0.1) is 0 Å². The Hall–Kier alpha value is -1.83. The smallest absolute Gasteiger partial charge is 0.344 e. The predicted octanol–water partition coefficient (Wildman–Crippen LogP) is 1.83. The van der Waals surface area contributed by atoms with Gasteiger partial charge in [0, 0.05) is 18.2 Å². The van der Waals surface area contributed by atoms with Gasteiger partial charge in [0.1, 0.15) is 17.2 Å². The lowest BCUT2D eigenvalue weighted by Crippen LogP contribution is -2.19. The zero-order valence-corrected chi connectivity index (χ0v) is 12.8. The molecule has 2 N–H and O–H groups in total. The molecule has 0 aromatic carbocycles. The van der Waals surface area contributed by atoms with Gasteiger partial charge in [0.25, 0.3) is 0 Å². The van der Waals surface area contributed by atoms with Crippen molar-refractivity contribution in [1.29, 1.82) is 0 Å². The molecule has 2 aromatic heterocycles. The summed E-state index contributed by atoms with van der Waals surface area (Å²) in [5.74, 6) is 0.805. The van der Waals surface area contributed by atoms with Crippen LogP contribution in [0.4, 0.5) is 5.82 Å².